The number of tetrazole rings is 1. The van der Waals surface area contributed by atoms with Crippen LogP contribution in [0.3, 0.4) is 0 Å². The van der Waals surface area contributed by atoms with Gasteiger partial charge in [-0.15, -0.1) is 0 Å². The molecule has 2 aliphatic rings. The lowest BCUT2D eigenvalue weighted by atomic mass is 9.83. The fraction of sp³-hybridized carbons (Fsp3) is 0.633. The third-order valence-electron chi connectivity index (χ3n) is 8.85. The second-order valence-corrected chi connectivity index (χ2v) is 12.5. The van der Waals surface area contributed by atoms with E-state index in [1.54, 1.807) is 14.0 Å². The average Bonchev–Trinajstić information content (AvgIpc) is 3.63. The summed E-state index contributed by atoms with van der Waals surface area (Å²) in [6.45, 7) is 9.79. The molecule has 1 aromatic carbocycles. The van der Waals surface area contributed by atoms with Crippen LogP contribution in [0.4, 0.5) is 26.2 Å². The van der Waals surface area contributed by atoms with Crippen LogP contribution in [0, 0.1) is 11.6 Å². The molecule has 0 spiro atoms. The smallest absolute Gasteiger partial charge is 0.368 e. The van der Waals surface area contributed by atoms with Gasteiger partial charge in [-0.1, -0.05) is 0 Å². The van der Waals surface area contributed by atoms with Gasteiger partial charge in [0.15, 0.2) is 17.5 Å². The monoisotopic (exact) mass is 631 g/mol. The van der Waals surface area contributed by atoms with Crippen molar-refractivity contribution in [2.75, 3.05) is 44.1 Å². The van der Waals surface area contributed by atoms with Crippen molar-refractivity contribution >= 4 is 17.5 Å². The van der Waals surface area contributed by atoms with Gasteiger partial charge in [0, 0.05) is 51.5 Å². The highest BCUT2D eigenvalue weighted by atomic mass is 19.1. The number of methoxy groups -OCH3 is 2. The predicted octanol–water partition coefficient (Wildman–Crippen LogP) is 3.44. The summed E-state index contributed by atoms with van der Waals surface area (Å²) in [7, 11) is 4.60. The number of halogens is 2. The summed E-state index contributed by atoms with van der Waals surface area (Å²) in [5.41, 5.74) is -0.545. The number of piperidine rings is 1. The summed E-state index contributed by atoms with van der Waals surface area (Å²) in [6.07, 6.45) is 4.54. The minimum Gasteiger partial charge on any atom is -0.489 e. The molecule has 0 bridgehead atoms. The number of anilines is 3. The van der Waals surface area contributed by atoms with Crippen molar-refractivity contribution in [1.82, 2.24) is 34.7 Å². The van der Waals surface area contributed by atoms with E-state index in [-0.39, 0.29) is 59.3 Å². The molecule has 3 aromatic rings. The number of rotatable bonds is 12. The molecule has 15 heteroatoms. The highest BCUT2D eigenvalue weighted by Crippen LogP contribution is 2.41. The summed E-state index contributed by atoms with van der Waals surface area (Å²) < 4.78 is 49.8. The SMILES string of the molecule is COC(C)COc1cc(F)c(Nc2ncc(F)c(N(CC(C)OC)C3CC4CCCN4C(C)(C)C3)n2)cc1-n1nnn(C)c1=O. The van der Waals surface area contributed by atoms with Crippen LogP contribution in [0.2, 0.25) is 0 Å². The third-order valence-corrected chi connectivity index (χ3v) is 8.85. The molecular weight excluding hydrogens is 588 g/mol. The van der Waals surface area contributed by atoms with Gasteiger partial charge in [-0.2, -0.15) is 14.3 Å². The van der Waals surface area contributed by atoms with Gasteiger partial charge in [-0.25, -0.2) is 18.6 Å². The van der Waals surface area contributed by atoms with Crippen LogP contribution >= 0.6 is 0 Å². The Balaban J connectivity index is 1.50. The summed E-state index contributed by atoms with van der Waals surface area (Å²) in [4.78, 5) is 26.0. The van der Waals surface area contributed by atoms with E-state index in [2.05, 4.69) is 44.5 Å². The molecule has 2 aliphatic heterocycles. The lowest BCUT2D eigenvalue weighted by molar-refractivity contribution is 0.0402. The normalized spacial score (nSPS) is 20.9. The van der Waals surface area contributed by atoms with Crippen molar-refractivity contribution in [3.8, 4) is 11.4 Å². The van der Waals surface area contributed by atoms with Crippen molar-refractivity contribution < 1.29 is 23.0 Å². The van der Waals surface area contributed by atoms with E-state index in [1.807, 2.05) is 11.8 Å². The van der Waals surface area contributed by atoms with Gasteiger partial charge in [-0.3, -0.25) is 4.90 Å². The van der Waals surface area contributed by atoms with Gasteiger partial charge in [-0.05, 0) is 76.4 Å². The van der Waals surface area contributed by atoms with E-state index in [0.717, 1.165) is 53.9 Å². The Labute approximate surface area is 261 Å². The number of hydrogen-bond donors (Lipinski definition) is 1. The van der Waals surface area contributed by atoms with Crippen LogP contribution in [0.5, 0.6) is 5.75 Å². The second kappa shape index (κ2) is 13.3. The van der Waals surface area contributed by atoms with E-state index in [4.69, 9.17) is 14.2 Å². The molecule has 1 N–H and O–H groups in total. The molecule has 0 amide bonds. The highest BCUT2D eigenvalue weighted by Gasteiger charge is 2.45. The Bertz CT molecular complexity index is 1550. The van der Waals surface area contributed by atoms with E-state index in [1.165, 1.54) is 20.2 Å². The molecule has 0 saturated carbocycles. The first-order valence-corrected chi connectivity index (χ1v) is 15.3. The molecule has 2 fully saturated rings. The zero-order valence-electron chi connectivity index (χ0n) is 27.0. The number of aryl methyl sites for hydroxylation is 1. The maximum atomic E-state index is 15.6. The highest BCUT2D eigenvalue weighted by molar-refractivity contribution is 5.63. The van der Waals surface area contributed by atoms with Crippen LogP contribution in [0.15, 0.2) is 23.1 Å². The summed E-state index contributed by atoms with van der Waals surface area (Å²) >= 11 is 0. The fourth-order valence-corrected chi connectivity index (χ4v) is 6.37. The molecule has 5 rings (SSSR count). The van der Waals surface area contributed by atoms with Crippen LogP contribution in [-0.2, 0) is 16.5 Å². The lowest BCUT2D eigenvalue weighted by Gasteiger charge is -2.50. The van der Waals surface area contributed by atoms with Crippen LogP contribution in [0.25, 0.3) is 5.69 Å². The molecule has 246 valence electrons. The summed E-state index contributed by atoms with van der Waals surface area (Å²) in [6, 6.07) is 2.90. The molecule has 45 heavy (non-hydrogen) atoms. The van der Waals surface area contributed by atoms with Gasteiger partial charge >= 0.3 is 5.69 Å². The Kier molecular flexibility index (Phi) is 9.70. The topological polar surface area (TPSA) is 125 Å². The molecular formula is C30H43F2N9O4. The number of hydrogen-bond acceptors (Lipinski definition) is 11. The third kappa shape index (κ3) is 6.94. The summed E-state index contributed by atoms with van der Waals surface area (Å²) in [5, 5.41) is 10.5. The summed E-state index contributed by atoms with van der Waals surface area (Å²) in [5.74, 6) is -1.13. The molecule has 4 heterocycles. The van der Waals surface area contributed by atoms with Crippen LogP contribution < -0.4 is 20.6 Å². The average molecular weight is 632 g/mol. The Morgan fingerprint density at radius 2 is 1.89 bits per heavy atom. The van der Waals surface area contributed by atoms with Gasteiger partial charge in [0.25, 0.3) is 0 Å². The van der Waals surface area contributed by atoms with Crippen LogP contribution in [-0.4, -0.2) is 98.4 Å². The van der Waals surface area contributed by atoms with Crippen molar-refractivity contribution in [2.24, 2.45) is 7.05 Å². The number of benzene rings is 1. The van der Waals surface area contributed by atoms with E-state index in [0.29, 0.717) is 12.6 Å². The zero-order chi connectivity index (χ0) is 32.5. The molecule has 2 saturated heterocycles. The molecule has 13 nitrogen and oxygen atoms in total. The van der Waals surface area contributed by atoms with Gasteiger partial charge in [0.2, 0.25) is 5.95 Å². The largest absolute Gasteiger partial charge is 0.489 e. The fourth-order valence-electron chi connectivity index (χ4n) is 6.37. The molecule has 0 aliphatic carbocycles. The quantitative estimate of drug-likeness (QED) is 0.316. The first-order valence-electron chi connectivity index (χ1n) is 15.3. The first kappa shape index (κ1) is 32.7. The Morgan fingerprint density at radius 3 is 2.58 bits per heavy atom. The van der Waals surface area contributed by atoms with Gasteiger partial charge in [0.1, 0.15) is 18.0 Å². The molecule has 4 unspecified atom stereocenters. The Morgan fingerprint density at radius 1 is 1.13 bits per heavy atom. The minimum atomic E-state index is -0.703. The first-order chi connectivity index (χ1) is 21.4. The van der Waals surface area contributed by atoms with Crippen molar-refractivity contribution in [2.45, 2.75) is 83.2 Å². The maximum absolute atomic E-state index is 15.6. The van der Waals surface area contributed by atoms with E-state index < -0.39 is 17.3 Å². The lowest BCUT2D eigenvalue weighted by Crippen LogP contribution is -2.58. The number of ether oxygens (including phenoxy) is 3. The number of aromatic nitrogens is 6. The van der Waals surface area contributed by atoms with Crippen molar-refractivity contribution in [1.29, 1.82) is 0 Å². The number of nitrogens with one attached hydrogen (secondary N) is 1. The second-order valence-electron chi connectivity index (χ2n) is 12.5. The van der Waals surface area contributed by atoms with Gasteiger partial charge in [0.05, 0.1) is 24.1 Å². The molecule has 4 atom stereocenters. The predicted molar refractivity (Wildman–Crippen MR) is 164 cm³/mol. The minimum absolute atomic E-state index is 0.00648. The standard InChI is InChI=1S/C30H43F2N9O4/c1-18(43-6)16-39(21-11-20-9-8-10-40(20)30(3,4)14-21)27-23(32)15-33-28(35-27)34-24-13-25(41-29(42)38(5)36-37-41)26(12-22(24)31)45-17-19(2)44-7/h12-13,15,18-21H,8-11,14,16-17H2,1-7H3,(H,33,34,35). The molecule has 2 aromatic heterocycles. The number of fused-ring (bicyclic) bond motifs is 1. The van der Waals surface area contributed by atoms with Crippen molar-refractivity contribution in [3.63, 3.8) is 0 Å². The maximum Gasteiger partial charge on any atom is 0.368 e. The van der Waals surface area contributed by atoms with E-state index in [9.17, 15) is 4.79 Å². The molecule has 0 radical (unpaired) electrons. The zero-order valence-corrected chi connectivity index (χ0v) is 27.0. The van der Waals surface area contributed by atoms with E-state index >= 15 is 8.78 Å². The van der Waals surface area contributed by atoms with Crippen LogP contribution in [0.1, 0.15) is 53.4 Å². The number of nitrogens with zero attached hydrogens (tertiary/aromatic N) is 8. The Hall–Kier alpha value is -3.69. The van der Waals surface area contributed by atoms with Gasteiger partial charge < -0.3 is 24.4 Å². The van der Waals surface area contributed by atoms with Crippen molar-refractivity contribution in [3.05, 3.63) is 40.4 Å².